The third kappa shape index (κ3) is 9.74. The molecule has 0 aromatic carbocycles. The van der Waals surface area contributed by atoms with E-state index >= 15 is 0 Å². The van der Waals surface area contributed by atoms with E-state index in [9.17, 15) is 19.2 Å². The van der Waals surface area contributed by atoms with Crippen LogP contribution in [0.15, 0.2) is 0 Å². The van der Waals surface area contributed by atoms with Gasteiger partial charge in [0.25, 0.3) is 0 Å². The predicted molar refractivity (Wildman–Crippen MR) is 230 cm³/mol. The summed E-state index contributed by atoms with van der Waals surface area (Å²) in [6, 6.07) is -1.29. The molecule has 0 aromatic rings. The Balaban J connectivity index is 0.000000246. The molecule has 8 fully saturated rings. The van der Waals surface area contributed by atoms with E-state index < -0.39 is 18.1 Å². The minimum atomic E-state index is -1.01. The minimum Gasteiger partial charge on any atom is -0.480 e. The highest BCUT2D eigenvalue weighted by atomic mass is 31.0. The molecule has 0 aromatic heterocycles. The second kappa shape index (κ2) is 18.6. The highest BCUT2D eigenvalue weighted by Gasteiger charge is 2.69. The molecular formula is C40H75B2N3O9P2. The van der Waals surface area contributed by atoms with E-state index in [-0.39, 0.29) is 86.3 Å². The molecule has 2 heterocycles. The normalized spacial score (nSPS) is 35.6. The lowest BCUT2D eigenvalue weighted by molar-refractivity contribution is -0.199. The first-order valence-corrected chi connectivity index (χ1v) is 22.2. The maximum Gasteiger partial charge on any atom is 0.475 e. The summed E-state index contributed by atoms with van der Waals surface area (Å²) in [5.41, 5.74) is 6.28. The Hall–Kier alpha value is -1.13. The van der Waals surface area contributed by atoms with Crippen molar-refractivity contribution in [1.82, 2.24) is 10.6 Å². The van der Waals surface area contributed by atoms with Crippen LogP contribution in [-0.4, -0.2) is 96.7 Å². The fourth-order valence-corrected chi connectivity index (χ4v) is 10.4. The number of carboxylic acid groups (broad SMARTS) is 1. The van der Waals surface area contributed by atoms with Crippen LogP contribution in [0, 0.1) is 46.3 Å². The van der Waals surface area contributed by atoms with Gasteiger partial charge in [0.15, 0.2) is 5.78 Å². The van der Waals surface area contributed by atoms with Gasteiger partial charge in [-0.15, -0.1) is 18.5 Å². The monoisotopic (exact) mass is 826 g/mol. The van der Waals surface area contributed by atoms with Gasteiger partial charge in [-0.25, -0.2) is 0 Å². The number of amides is 2. The Labute approximate surface area is 343 Å². The van der Waals surface area contributed by atoms with E-state index in [1.165, 1.54) is 19.8 Å². The fraction of sp³-hybridized carbons (Fsp3) is 0.900. The highest BCUT2D eigenvalue weighted by Crippen LogP contribution is 2.67. The molecule has 8 rings (SSSR count). The fourth-order valence-electron chi connectivity index (χ4n) is 9.93. The first kappa shape index (κ1) is 49.2. The van der Waals surface area contributed by atoms with Gasteiger partial charge in [-0.1, -0.05) is 62.8 Å². The lowest BCUT2D eigenvalue weighted by Crippen LogP contribution is -2.65. The number of Topliss-reactive ketones (excluding diaryl/α,β-unsaturated/α-hetero) is 1. The molecule has 2 aliphatic heterocycles. The number of carbonyl (C=O) groups is 4. The molecule has 6 saturated carbocycles. The Kier molecular flexibility index (Phi) is 16.4. The summed E-state index contributed by atoms with van der Waals surface area (Å²) in [5, 5.41) is 13.7. The topological polar surface area (TPSA) is 176 Å². The zero-order chi connectivity index (χ0) is 41.6. The molecule has 0 radical (unpaired) electrons. The first-order chi connectivity index (χ1) is 25.3. The summed E-state index contributed by atoms with van der Waals surface area (Å²) in [6.45, 7) is 24.6. The zero-order valence-corrected chi connectivity index (χ0v) is 37.8. The van der Waals surface area contributed by atoms with Gasteiger partial charge < -0.3 is 40.1 Å². The van der Waals surface area contributed by atoms with Crippen molar-refractivity contribution in [2.24, 2.45) is 52.1 Å². The number of nitrogens with one attached hydrogen (secondary N) is 2. The van der Waals surface area contributed by atoms with Crippen LogP contribution in [0.4, 0.5) is 0 Å². The van der Waals surface area contributed by atoms with Crippen LogP contribution < -0.4 is 16.4 Å². The first-order valence-electron chi connectivity index (χ1n) is 20.5. The Bertz CT molecular complexity index is 1430. The number of carboxylic acids is 1. The molecule has 56 heavy (non-hydrogen) atoms. The third-order valence-corrected chi connectivity index (χ3v) is 15.9. The number of ketones is 1. The molecule has 6 unspecified atom stereocenters. The van der Waals surface area contributed by atoms with Crippen molar-refractivity contribution in [3.63, 3.8) is 0 Å². The molecule has 2 amide bonds. The molecule has 4 bridgehead atoms. The quantitative estimate of drug-likeness (QED) is 0.147. The van der Waals surface area contributed by atoms with Crippen LogP contribution in [0.1, 0.15) is 123 Å². The van der Waals surface area contributed by atoms with E-state index in [1.807, 2.05) is 20.8 Å². The van der Waals surface area contributed by atoms with E-state index in [4.69, 9.17) is 29.5 Å². The van der Waals surface area contributed by atoms with E-state index in [0.29, 0.717) is 47.3 Å². The number of nitrogens with two attached hydrogens (primary N) is 1. The van der Waals surface area contributed by atoms with Gasteiger partial charge in [0.2, 0.25) is 11.8 Å². The molecule has 320 valence electrons. The van der Waals surface area contributed by atoms with Crippen molar-refractivity contribution in [3.8, 4) is 0 Å². The second-order valence-corrected chi connectivity index (χ2v) is 20.2. The molecule has 0 spiro atoms. The Morgan fingerprint density at radius 3 is 1.48 bits per heavy atom. The smallest absolute Gasteiger partial charge is 0.475 e. The highest BCUT2D eigenvalue weighted by molar-refractivity contribution is 7.16. The molecule has 6 aliphatic carbocycles. The van der Waals surface area contributed by atoms with E-state index in [2.05, 4.69) is 70.7 Å². The van der Waals surface area contributed by atoms with Gasteiger partial charge in [0, 0.05) is 24.2 Å². The van der Waals surface area contributed by atoms with Crippen LogP contribution in [0.5, 0.6) is 0 Å². The van der Waals surface area contributed by atoms with Crippen LogP contribution in [0.2, 0.25) is 5.82 Å². The van der Waals surface area contributed by atoms with Crippen LogP contribution in [-0.2, 0) is 37.8 Å². The van der Waals surface area contributed by atoms with Gasteiger partial charge in [0.1, 0.15) is 6.04 Å². The molecule has 12 nitrogen and oxygen atoms in total. The van der Waals surface area contributed by atoms with Crippen LogP contribution in [0.25, 0.3) is 0 Å². The van der Waals surface area contributed by atoms with Gasteiger partial charge in [0.05, 0.1) is 29.5 Å². The summed E-state index contributed by atoms with van der Waals surface area (Å²) >= 11 is 0. The number of hydrogen-bond acceptors (Lipinski definition) is 9. The molecule has 16 atom stereocenters. The minimum absolute atomic E-state index is 0. The maximum absolute atomic E-state index is 12.6. The number of carbonyl (C=O) groups excluding carboxylic acids is 3. The number of aliphatic carboxylic acids is 1. The van der Waals surface area contributed by atoms with Gasteiger partial charge in [-0.3, -0.25) is 19.2 Å². The van der Waals surface area contributed by atoms with Crippen molar-refractivity contribution < 1.29 is 42.9 Å². The average molecular weight is 826 g/mol. The van der Waals surface area contributed by atoms with Crippen LogP contribution >= 0.6 is 18.5 Å². The SMILES string of the molecule is C.CC(CP)C(=O)NC(C)C(=O)C[C@@H](C)B1O[C@@H]2C[C@@H]3C[C@@H](C3(C)C)[C@]2(C)O1.CC(CP)C(=O)NC(C)C(=O)O.C[C@H](N)B1O[C@@H]2C[C@@H]3C[C@@H](C3(C)C)[C@]2(C)O1. The summed E-state index contributed by atoms with van der Waals surface area (Å²) < 4.78 is 24.9. The molecule has 16 heteroatoms. The predicted octanol–water partition coefficient (Wildman–Crippen LogP) is 5.40. The number of hydrogen-bond donors (Lipinski definition) is 4. The summed E-state index contributed by atoms with van der Waals surface area (Å²) in [4.78, 5) is 46.0. The summed E-state index contributed by atoms with van der Waals surface area (Å²) in [7, 11) is 4.46. The largest absolute Gasteiger partial charge is 0.480 e. The lowest BCUT2D eigenvalue weighted by atomic mass is 9.43. The Morgan fingerprint density at radius 1 is 0.714 bits per heavy atom. The van der Waals surface area contributed by atoms with Crippen molar-refractivity contribution in [2.45, 2.75) is 170 Å². The lowest BCUT2D eigenvalue weighted by Gasteiger charge is -2.64. The van der Waals surface area contributed by atoms with E-state index in [1.54, 1.807) is 13.8 Å². The van der Waals surface area contributed by atoms with Crippen molar-refractivity contribution in [1.29, 1.82) is 0 Å². The molecule has 8 aliphatic rings. The average Bonchev–Trinajstić information content (AvgIpc) is 3.68. The standard InChI is InChI=1S/C20H35BNO4P.C12H22BNO2.C7H14NO3P.CH4/c1-11(10-27)18(24)22-13(3)15(23)7-12(2)21-25-17-9-14-8-16(19(14,4)5)20(17,6)26-21;1-7(14)13-15-10-6-8-5-9(11(8,2)3)12(10,4)16-13;1-4(3-12)6(9)8-5(2)7(10)11;/h11-14,16-17H,7-10,27H2,1-6H3,(H,22,24);7-10H,5-6,14H2,1-4H3;4-5H,3,12H2,1-2H3,(H,8,9)(H,10,11);1H4/t11?,12-,13?,14+,16+,17-,20+;7-,8-,9-,10+,12-;;/m10../s1. The zero-order valence-electron chi connectivity index (χ0n) is 35.5. The van der Waals surface area contributed by atoms with Crippen molar-refractivity contribution in [3.05, 3.63) is 0 Å². The molecular weight excluding hydrogens is 750 g/mol. The van der Waals surface area contributed by atoms with Crippen LogP contribution in [0.3, 0.4) is 0 Å². The summed E-state index contributed by atoms with van der Waals surface area (Å²) in [6.07, 6.45) is 6.79. The molecule has 5 N–H and O–H groups in total. The Morgan fingerprint density at radius 2 is 1.11 bits per heavy atom. The molecule has 2 saturated heterocycles. The van der Waals surface area contributed by atoms with Gasteiger partial charge in [-0.05, 0) is 106 Å². The third-order valence-electron chi connectivity index (χ3n) is 14.5. The second-order valence-electron chi connectivity index (χ2n) is 19.3. The van der Waals surface area contributed by atoms with E-state index in [0.717, 1.165) is 18.8 Å². The van der Waals surface area contributed by atoms with Gasteiger partial charge >= 0.3 is 20.2 Å². The number of rotatable bonds is 12. The van der Waals surface area contributed by atoms with Crippen molar-refractivity contribution in [2.75, 3.05) is 12.3 Å². The maximum atomic E-state index is 12.6. The van der Waals surface area contributed by atoms with Crippen molar-refractivity contribution >= 4 is 56.3 Å². The summed E-state index contributed by atoms with van der Waals surface area (Å²) in [5.74, 6) is 1.07. The van der Waals surface area contributed by atoms with Gasteiger partial charge in [-0.2, -0.15) is 0 Å².